The first-order valence-electron chi connectivity index (χ1n) is 10.1. The zero-order valence-corrected chi connectivity index (χ0v) is 15.8. The maximum atomic E-state index is 12.9. The molecule has 1 saturated carbocycles. The van der Waals surface area contributed by atoms with E-state index in [1.165, 1.54) is 30.8 Å². The molecule has 5 nitrogen and oxygen atoms in total. The molecule has 1 aliphatic heterocycles. The molecule has 5 heteroatoms. The van der Waals surface area contributed by atoms with Gasteiger partial charge in [0.25, 0.3) is 0 Å². The van der Waals surface area contributed by atoms with Crippen LogP contribution in [0.4, 0.5) is 0 Å². The van der Waals surface area contributed by atoms with Gasteiger partial charge in [0, 0.05) is 48.0 Å². The highest BCUT2D eigenvalue weighted by molar-refractivity contribution is 5.89. The first kappa shape index (κ1) is 16.6. The second-order valence-electron chi connectivity index (χ2n) is 8.07. The van der Waals surface area contributed by atoms with E-state index in [1.807, 2.05) is 29.4 Å². The van der Waals surface area contributed by atoms with E-state index < -0.39 is 0 Å². The summed E-state index contributed by atoms with van der Waals surface area (Å²) in [7, 11) is 0. The Labute approximate surface area is 159 Å². The third-order valence-electron chi connectivity index (χ3n) is 6.38. The van der Waals surface area contributed by atoms with Gasteiger partial charge in [0.05, 0.1) is 12.5 Å². The molecule has 140 valence electrons. The van der Waals surface area contributed by atoms with Gasteiger partial charge < -0.3 is 14.5 Å². The van der Waals surface area contributed by atoms with Gasteiger partial charge in [-0.05, 0) is 37.8 Å². The normalized spacial score (nSPS) is 20.3. The van der Waals surface area contributed by atoms with Gasteiger partial charge in [-0.1, -0.05) is 24.6 Å². The molecule has 5 rings (SSSR count). The van der Waals surface area contributed by atoms with E-state index in [0.29, 0.717) is 18.4 Å². The van der Waals surface area contributed by atoms with Gasteiger partial charge in [-0.3, -0.25) is 4.79 Å². The minimum absolute atomic E-state index is 0.227. The molecule has 1 aliphatic carbocycles. The van der Waals surface area contributed by atoms with Crippen molar-refractivity contribution in [3.63, 3.8) is 0 Å². The van der Waals surface area contributed by atoms with Crippen LogP contribution in [0.1, 0.15) is 54.7 Å². The summed E-state index contributed by atoms with van der Waals surface area (Å²) in [4.78, 5) is 22.9. The fourth-order valence-electron chi connectivity index (χ4n) is 4.64. The van der Waals surface area contributed by atoms with E-state index in [9.17, 15) is 4.79 Å². The summed E-state index contributed by atoms with van der Waals surface area (Å²) in [6, 6.07) is 8.55. The van der Waals surface area contributed by atoms with E-state index in [4.69, 9.17) is 4.98 Å². The largest absolute Gasteiger partial charge is 0.361 e. The van der Waals surface area contributed by atoms with Crippen molar-refractivity contribution in [2.24, 2.45) is 0 Å². The Morgan fingerprint density at radius 2 is 2.11 bits per heavy atom. The fourth-order valence-corrected chi connectivity index (χ4v) is 4.64. The quantitative estimate of drug-likeness (QED) is 0.764. The first-order chi connectivity index (χ1) is 13.2. The lowest BCUT2D eigenvalue weighted by Gasteiger charge is -2.28. The molecule has 0 spiro atoms. The number of rotatable bonds is 4. The number of para-hydroxylation sites is 1. The molecule has 3 aromatic rings. The molecule has 1 aromatic carbocycles. The Morgan fingerprint density at radius 1 is 1.26 bits per heavy atom. The van der Waals surface area contributed by atoms with Crippen molar-refractivity contribution < 1.29 is 4.79 Å². The number of H-pyrrole nitrogens is 1. The number of nitrogens with zero attached hydrogens (tertiary/aromatic N) is 3. The molecular weight excluding hydrogens is 336 g/mol. The lowest BCUT2D eigenvalue weighted by atomic mass is 9.84. The number of benzene rings is 1. The number of carbonyl (C=O) groups is 1. The first-order valence-corrected chi connectivity index (χ1v) is 10.1. The third-order valence-corrected chi connectivity index (χ3v) is 6.38. The molecule has 1 N–H and O–H groups in total. The van der Waals surface area contributed by atoms with Crippen molar-refractivity contribution >= 4 is 16.8 Å². The number of hydrogen-bond acceptors (Lipinski definition) is 2. The average Bonchev–Trinajstić information content (AvgIpc) is 3.33. The lowest BCUT2D eigenvalue weighted by molar-refractivity contribution is -0.129. The second kappa shape index (κ2) is 6.55. The van der Waals surface area contributed by atoms with Crippen molar-refractivity contribution in [3.8, 4) is 0 Å². The van der Waals surface area contributed by atoms with E-state index in [1.54, 1.807) is 0 Å². The molecule has 2 aliphatic rings. The Morgan fingerprint density at radius 3 is 2.93 bits per heavy atom. The van der Waals surface area contributed by atoms with Crippen LogP contribution in [0.15, 0.2) is 36.7 Å². The van der Waals surface area contributed by atoms with E-state index in [2.05, 4.69) is 28.6 Å². The Kier molecular flexibility index (Phi) is 4.03. The summed E-state index contributed by atoms with van der Waals surface area (Å²) < 4.78 is 2.42. The maximum Gasteiger partial charge on any atom is 0.227 e. The topological polar surface area (TPSA) is 53.9 Å². The van der Waals surface area contributed by atoms with Crippen LogP contribution >= 0.6 is 0 Å². The lowest BCUT2D eigenvalue weighted by Crippen LogP contribution is -2.31. The number of amides is 1. The van der Waals surface area contributed by atoms with Crippen LogP contribution < -0.4 is 0 Å². The van der Waals surface area contributed by atoms with Crippen LogP contribution in [0.2, 0.25) is 0 Å². The van der Waals surface area contributed by atoms with Crippen LogP contribution in [-0.2, 0) is 11.2 Å². The van der Waals surface area contributed by atoms with Gasteiger partial charge >= 0.3 is 0 Å². The Balaban J connectivity index is 1.31. The fraction of sp³-hybridized carbons (Fsp3) is 0.455. The monoisotopic (exact) mass is 362 g/mol. The Bertz CT molecular complexity index is 981. The minimum atomic E-state index is 0.227. The smallest absolute Gasteiger partial charge is 0.227 e. The molecule has 1 atom stereocenters. The van der Waals surface area contributed by atoms with E-state index >= 15 is 0 Å². The summed E-state index contributed by atoms with van der Waals surface area (Å²) >= 11 is 0. The number of aromatic nitrogens is 3. The predicted molar refractivity (Wildman–Crippen MR) is 106 cm³/mol. The van der Waals surface area contributed by atoms with Gasteiger partial charge in [-0.2, -0.15) is 0 Å². The number of fused-ring (bicyclic) bond motifs is 1. The SMILES string of the molecule is Cc1cnc(C2CCC2)n1C1CCN(C(=O)Cc2c[nH]c3ccccc23)C1. The molecule has 1 amide bonds. The minimum Gasteiger partial charge on any atom is -0.361 e. The van der Waals surface area contributed by atoms with Crippen molar-refractivity contribution in [2.45, 2.75) is 51.0 Å². The number of aryl methyl sites for hydroxylation is 1. The molecule has 2 aromatic heterocycles. The van der Waals surface area contributed by atoms with Crippen LogP contribution in [-0.4, -0.2) is 38.4 Å². The number of imidazole rings is 1. The molecule has 0 radical (unpaired) electrons. The summed E-state index contributed by atoms with van der Waals surface area (Å²) in [6.45, 7) is 3.79. The standard InChI is InChI=1S/C22H26N4O/c1-15-12-24-22(16-5-4-6-16)26(15)18-9-10-25(14-18)21(27)11-17-13-23-20-8-3-2-7-19(17)20/h2-3,7-8,12-13,16,18,23H,4-6,9-11,14H2,1H3. The van der Waals surface area contributed by atoms with Crippen molar-refractivity contribution in [1.82, 2.24) is 19.4 Å². The van der Waals surface area contributed by atoms with Crippen LogP contribution in [0.3, 0.4) is 0 Å². The van der Waals surface area contributed by atoms with Crippen molar-refractivity contribution in [1.29, 1.82) is 0 Å². The van der Waals surface area contributed by atoms with E-state index in [0.717, 1.165) is 36.0 Å². The van der Waals surface area contributed by atoms with Crippen molar-refractivity contribution in [2.75, 3.05) is 13.1 Å². The molecule has 3 heterocycles. The molecule has 27 heavy (non-hydrogen) atoms. The molecular formula is C22H26N4O. The molecule has 1 saturated heterocycles. The summed E-state index contributed by atoms with van der Waals surface area (Å²) in [6.07, 6.45) is 9.30. The van der Waals surface area contributed by atoms with Gasteiger partial charge in [0.15, 0.2) is 0 Å². The molecule has 2 fully saturated rings. The van der Waals surface area contributed by atoms with Crippen LogP contribution in [0.25, 0.3) is 10.9 Å². The van der Waals surface area contributed by atoms with Crippen LogP contribution in [0.5, 0.6) is 0 Å². The Hall–Kier alpha value is -2.56. The summed E-state index contributed by atoms with van der Waals surface area (Å²) in [5.74, 6) is 2.09. The van der Waals surface area contributed by atoms with Crippen molar-refractivity contribution in [3.05, 3.63) is 53.7 Å². The maximum absolute atomic E-state index is 12.9. The summed E-state index contributed by atoms with van der Waals surface area (Å²) in [5.41, 5.74) is 3.42. The number of carbonyl (C=O) groups excluding carboxylic acids is 1. The van der Waals surface area contributed by atoms with Gasteiger partial charge in [0.2, 0.25) is 5.91 Å². The average molecular weight is 362 g/mol. The zero-order chi connectivity index (χ0) is 18.4. The highest BCUT2D eigenvalue weighted by atomic mass is 16.2. The molecule has 0 bridgehead atoms. The van der Waals surface area contributed by atoms with Crippen LogP contribution in [0, 0.1) is 6.92 Å². The third kappa shape index (κ3) is 2.85. The zero-order valence-electron chi connectivity index (χ0n) is 15.8. The second-order valence-corrected chi connectivity index (χ2v) is 8.07. The number of nitrogens with one attached hydrogen (secondary N) is 1. The summed E-state index contributed by atoms with van der Waals surface area (Å²) in [5, 5.41) is 1.15. The van der Waals surface area contributed by atoms with Gasteiger partial charge in [0.1, 0.15) is 5.82 Å². The highest BCUT2D eigenvalue weighted by Gasteiger charge is 2.32. The highest BCUT2D eigenvalue weighted by Crippen LogP contribution is 2.38. The number of aromatic amines is 1. The molecule has 1 unspecified atom stereocenters. The predicted octanol–water partition coefficient (Wildman–Crippen LogP) is 3.96. The number of hydrogen-bond donors (Lipinski definition) is 1. The van der Waals surface area contributed by atoms with E-state index in [-0.39, 0.29) is 5.91 Å². The van der Waals surface area contributed by atoms with Gasteiger partial charge in [-0.25, -0.2) is 4.98 Å². The van der Waals surface area contributed by atoms with Gasteiger partial charge in [-0.15, -0.1) is 0 Å². The number of likely N-dealkylation sites (tertiary alicyclic amines) is 1.